The number of anilines is 1. The molecule has 0 aliphatic rings. The summed E-state index contributed by atoms with van der Waals surface area (Å²) in [7, 11) is 6.98. The third kappa shape index (κ3) is 4.30. The van der Waals surface area contributed by atoms with Gasteiger partial charge in [-0.1, -0.05) is 54.6 Å². The molecular weight excluding hydrogens is 366 g/mol. The molecule has 7 heteroatoms. The average molecular weight is 393 g/mol. The van der Waals surface area contributed by atoms with Crippen LogP contribution in [0.1, 0.15) is 18.5 Å². The van der Waals surface area contributed by atoms with Gasteiger partial charge >= 0.3 is 5.69 Å². The van der Waals surface area contributed by atoms with Gasteiger partial charge in [0.05, 0.1) is 6.04 Å². The molecule has 0 unspecified atom stereocenters. The van der Waals surface area contributed by atoms with Crippen LogP contribution in [0.4, 0.5) is 5.82 Å². The van der Waals surface area contributed by atoms with E-state index >= 15 is 0 Å². The van der Waals surface area contributed by atoms with Crippen molar-refractivity contribution in [2.75, 3.05) is 19.4 Å². The lowest BCUT2D eigenvalue weighted by molar-refractivity contribution is 0.275. The van der Waals surface area contributed by atoms with E-state index in [-0.39, 0.29) is 17.9 Å². The molecule has 7 nitrogen and oxygen atoms in total. The molecule has 1 N–H and O–H groups in total. The molecule has 152 valence electrons. The highest BCUT2D eigenvalue weighted by Crippen LogP contribution is 2.27. The Morgan fingerprint density at radius 1 is 0.931 bits per heavy atom. The van der Waals surface area contributed by atoms with Crippen LogP contribution in [0.5, 0.6) is 0 Å². The van der Waals surface area contributed by atoms with Crippen molar-refractivity contribution < 1.29 is 0 Å². The molecule has 3 aromatic rings. The van der Waals surface area contributed by atoms with E-state index in [0.717, 1.165) is 20.4 Å². The van der Waals surface area contributed by atoms with Crippen LogP contribution in [0.25, 0.3) is 11.1 Å². The molecule has 0 aliphatic heterocycles. The summed E-state index contributed by atoms with van der Waals surface area (Å²) in [6.45, 7) is 2.00. The smallest absolute Gasteiger partial charge is 0.346 e. The highest BCUT2D eigenvalue weighted by Gasteiger charge is 2.23. The van der Waals surface area contributed by atoms with Gasteiger partial charge in [-0.05, 0) is 37.7 Å². The Balaban J connectivity index is 1.88. The van der Waals surface area contributed by atoms with Gasteiger partial charge in [-0.3, -0.25) is 9.36 Å². The summed E-state index contributed by atoms with van der Waals surface area (Å²) in [5.74, 6) is 0.162. The van der Waals surface area contributed by atoms with Crippen molar-refractivity contribution in [1.29, 1.82) is 0 Å². The summed E-state index contributed by atoms with van der Waals surface area (Å²) < 4.78 is 2.22. The van der Waals surface area contributed by atoms with Crippen LogP contribution < -0.4 is 16.6 Å². The molecule has 0 radical (unpaired) electrons. The molecule has 2 atom stereocenters. The number of hydrogen-bond donors (Lipinski definition) is 1. The molecule has 0 bridgehead atoms. The van der Waals surface area contributed by atoms with Crippen LogP contribution in [0.2, 0.25) is 0 Å². The topological polar surface area (TPSA) is 72.2 Å². The van der Waals surface area contributed by atoms with Gasteiger partial charge in [0, 0.05) is 20.1 Å². The zero-order valence-electron chi connectivity index (χ0n) is 17.5. The molecule has 0 saturated heterocycles. The van der Waals surface area contributed by atoms with Gasteiger partial charge in [0.15, 0.2) is 0 Å². The molecule has 0 saturated carbocycles. The number of aryl methyl sites for hydroxylation is 1. The lowest BCUT2D eigenvalue weighted by atomic mass is 9.96. The second-order valence-electron chi connectivity index (χ2n) is 7.45. The minimum atomic E-state index is -0.450. The van der Waals surface area contributed by atoms with E-state index in [2.05, 4.69) is 51.7 Å². The summed E-state index contributed by atoms with van der Waals surface area (Å²) >= 11 is 0. The molecular formula is C22H27N5O2. The van der Waals surface area contributed by atoms with E-state index < -0.39 is 11.2 Å². The summed E-state index contributed by atoms with van der Waals surface area (Å²) in [5.41, 5.74) is 2.56. The van der Waals surface area contributed by atoms with Gasteiger partial charge in [-0.2, -0.15) is 0 Å². The summed E-state index contributed by atoms with van der Waals surface area (Å²) in [6, 6.07) is 18.5. The molecule has 3 rings (SSSR count). The van der Waals surface area contributed by atoms with Gasteiger partial charge in [0.1, 0.15) is 0 Å². The monoisotopic (exact) mass is 393 g/mol. The van der Waals surface area contributed by atoms with Crippen molar-refractivity contribution in [3.63, 3.8) is 0 Å². The van der Waals surface area contributed by atoms with Gasteiger partial charge in [0.25, 0.3) is 5.56 Å². The standard InChI is InChI=1S/C22H27N5O2/c1-15(23-20-21(28)26(4)22(29)27(5)24-20)19(25(2)3)18-13-11-17(12-14-18)16-9-7-6-8-10-16/h6-15,19H,1-5H3,(H,23,24)/t15-,19+/m0/s1. The van der Waals surface area contributed by atoms with Gasteiger partial charge < -0.3 is 10.2 Å². The number of nitrogens with one attached hydrogen (secondary N) is 1. The quantitative estimate of drug-likeness (QED) is 0.695. The van der Waals surface area contributed by atoms with Crippen molar-refractivity contribution >= 4 is 5.82 Å². The first kappa shape index (κ1) is 20.5. The summed E-state index contributed by atoms with van der Waals surface area (Å²) in [6.07, 6.45) is 0. The number of likely N-dealkylation sites (N-methyl/N-ethyl adjacent to an activating group) is 1. The predicted octanol–water partition coefficient (Wildman–Crippen LogP) is 2.25. The minimum Gasteiger partial charge on any atom is -0.360 e. The van der Waals surface area contributed by atoms with Crippen LogP contribution in [-0.4, -0.2) is 39.4 Å². The Morgan fingerprint density at radius 2 is 1.52 bits per heavy atom. The van der Waals surface area contributed by atoms with Crippen molar-refractivity contribution in [3.05, 3.63) is 81.0 Å². The molecule has 2 aromatic carbocycles. The number of rotatable bonds is 6. The Kier molecular flexibility index (Phi) is 5.98. The van der Waals surface area contributed by atoms with Crippen molar-refractivity contribution in [2.24, 2.45) is 14.1 Å². The van der Waals surface area contributed by atoms with E-state index in [4.69, 9.17) is 0 Å². The third-order valence-corrected chi connectivity index (χ3v) is 5.07. The van der Waals surface area contributed by atoms with Crippen LogP contribution in [-0.2, 0) is 14.1 Å². The highest BCUT2D eigenvalue weighted by molar-refractivity contribution is 5.63. The Labute approximate surface area is 170 Å². The zero-order chi connectivity index (χ0) is 21.1. The second-order valence-corrected chi connectivity index (χ2v) is 7.45. The number of hydrogen-bond acceptors (Lipinski definition) is 5. The molecule has 29 heavy (non-hydrogen) atoms. The first-order valence-corrected chi connectivity index (χ1v) is 9.52. The third-order valence-electron chi connectivity index (χ3n) is 5.07. The fraction of sp³-hybridized carbons (Fsp3) is 0.318. The highest BCUT2D eigenvalue weighted by atomic mass is 16.2. The van der Waals surface area contributed by atoms with Crippen molar-refractivity contribution in [1.82, 2.24) is 19.2 Å². The summed E-state index contributed by atoms with van der Waals surface area (Å²) in [5, 5.41) is 7.30. The lowest BCUT2D eigenvalue weighted by Crippen LogP contribution is -2.42. The first-order valence-electron chi connectivity index (χ1n) is 9.52. The van der Waals surface area contributed by atoms with E-state index in [1.54, 1.807) is 0 Å². The normalized spacial score (nSPS) is 13.3. The van der Waals surface area contributed by atoms with Gasteiger partial charge in [-0.25, -0.2) is 9.48 Å². The number of aromatic nitrogens is 3. The average Bonchev–Trinajstić information content (AvgIpc) is 2.71. The Hall–Kier alpha value is -3.19. The molecule has 0 amide bonds. The minimum absolute atomic E-state index is 0.00330. The number of nitrogens with zero attached hydrogens (tertiary/aromatic N) is 4. The van der Waals surface area contributed by atoms with Gasteiger partial charge in [0.2, 0.25) is 5.82 Å². The molecule has 1 aromatic heterocycles. The molecule has 0 fully saturated rings. The fourth-order valence-electron chi connectivity index (χ4n) is 3.62. The van der Waals surface area contributed by atoms with E-state index in [1.807, 2.05) is 39.2 Å². The van der Waals surface area contributed by atoms with E-state index in [0.29, 0.717) is 0 Å². The maximum atomic E-state index is 12.4. The van der Waals surface area contributed by atoms with Crippen LogP contribution >= 0.6 is 0 Å². The van der Waals surface area contributed by atoms with Gasteiger partial charge in [-0.15, -0.1) is 5.10 Å². The van der Waals surface area contributed by atoms with Crippen LogP contribution in [0.15, 0.2) is 64.2 Å². The molecule has 0 aliphatic carbocycles. The maximum absolute atomic E-state index is 12.4. The predicted molar refractivity (Wildman–Crippen MR) is 116 cm³/mol. The Morgan fingerprint density at radius 3 is 2.10 bits per heavy atom. The zero-order valence-corrected chi connectivity index (χ0v) is 17.5. The summed E-state index contributed by atoms with van der Waals surface area (Å²) in [4.78, 5) is 26.4. The van der Waals surface area contributed by atoms with E-state index in [9.17, 15) is 9.59 Å². The number of benzene rings is 2. The molecule has 1 heterocycles. The SMILES string of the molecule is C[C@H](Nc1nn(C)c(=O)n(C)c1=O)[C@H](c1ccc(-c2ccccc2)cc1)N(C)C. The van der Waals surface area contributed by atoms with Crippen LogP contribution in [0, 0.1) is 0 Å². The van der Waals surface area contributed by atoms with E-state index in [1.165, 1.54) is 19.7 Å². The molecule has 0 spiro atoms. The lowest BCUT2D eigenvalue weighted by Gasteiger charge is -2.31. The Bertz CT molecular complexity index is 1080. The van der Waals surface area contributed by atoms with Crippen LogP contribution in [0.3, 0.4) is 0 Å². The van der Waals surface area contributed by atoms with Crippen molar-refractivity contribution in [2.45, 2.75) is 19.0 Å². The second kappa shape index (κ2) is 8.45. The van der Waals surface area contributed by atoms with Crippen molar-refractivity contribution in [3.8, 4) is 11.1 Å². The fourth-order valence-corrected chi connectivity index (χ4v) is 3.62. The maximum Gasteiger partial charge on any atom is 0.346 e. The largest absolute Gasteiger partial charge is 0.360 e. The first-order chi connectivity index (χ1) is 13.8.